The topological polar surface area (TPSA) is 35.5 Å². The van der Waals surface area contributed by atoms with Gasteiger partial charge in [-0.05, 0) is 18.1 Å². The Kier molecular flexibility index (Phi) is 4.59. The van der Waals surface area contributed by atoms with Crippen LogP contribution in [0, 0.1) is 5.92 Å². The van der Waals surface area contributed by atoms with Crippen molar-refractivity contribution in [3.8, 4) is 0 Å². The van der Waals surface area contributed by atoms with Crippen LogP contribution in [0.1, 0.15) is 5.56 Å². The van der Waals surface area contributed by atoms with E-state index in [1.54, 1.807) is 6.08 Å². The van der Waals surface area contributed by atoms with Crippen molar-refractivity contribution >= 4 is 6.29 Å². The monoisotopic (exact) mass is 244 g/mol. The van der Waals surface area contributed by atoms with Crippen molar-refractivity contribution in [3.05, 3.63) is 60.1 Å². The van der Waals surface area contributed by atoms with E-state index in [4.69, 9.17) is 9.47 Å². The number of benzene rings is 1. The summed E-state index contributed by atoms with van der Waals surface area (Å²) in [5.74, 6) is 0.334. The Balaban J connectivity index is 1.84. The van der Waals surface area contributed by atoms with Crippen molar-refractivity contribution < 1.29 is 14.3 Å². The Labute approximate surface area is 107 Å². The summed E-state index contributed by atoms with van der Waals surface area (Å²) in [5.41, 5.74) is 1.14. The van der Waals surface area contributed by atoms with Crippen molar-refractivity contribution in [2.75, 3.05) is 13.2 Å². The normalized spacial score (nSPS) is 15.4. The van der Waals surface area contributed by atoms with Crippen LogP contribution < -0.4 is 0 Å². The molecule has 1 aliphatic heterocycles. The molecule has 1 aliphatic rings. The lowest BCUT2D eigenvalue weighted by molar-refractivity contribution is -0.113. The number of allylic oxidation sites excluding steroid dienone is 2. The van der Waals surface area contributed by atoms with Crippen molar-refractivity contribution in [2.45, 2.75) is 6.42 Å². The molecule has 3 nitrogen and oxygen atoms in total. The van der Waals surface area contributed by atoms with Crippen molar-refractivity contribution in [3.63, 3.8) is 0 Å². The Morgan fingerprint density at radius 2 is 2.17 bits per heavy atom. The first-order valence-electron chi connectivity index (χ1n) is 6.00. The molecule has 0 radical (unpaired) electrons. The molecule has 1 unspecified atom stereocenters. The SMILES string of the molecule is O=CC(COC1=CC=CCO1)Cc1ccccc1. The van der Waals surface area contributed by atoms with Gasteiger partial charge in [-0.15, -0.1) is 0 Å². The molecule has 1 aromatic carbocycles. The van der Waals surface area contributed by atoms with Gasteiger partial charge in [-0.25, -0.2) is 0 Å². The van der Waals surface area contributed by atoms with E-state index in [9.17, 15) is 4.79 Å². The standard InChI is InChI=1S/C15H16O3/c16-11-14(10-13-6-2-1-3-7-13)12-18-15-8-4-5-9-17-15/h1-8,11,14H,9-10,12H2. The van der Waals surface area contributed by atoms with Gasteiger partial charge in [-0.3, -0.25) is 0 Å². The van der Waals surface area contributed by atoms with Gasteiger partial charge in [0, 0.05) is 6.08 Å². The van der Waals surface area contributed by atoms with Crippen LogP contribution in [0.5, 0.6) is 0 Å². The quantitative estimate of drug-likeness (QED) is 0.721. The van der Waals surface area contributed by atoms with Crippen LogP contribution in [0.3, 0.4) is 0 Å². The van der Waals surface area contributed by atoms with Gasteiger partial charge in [0.1, 0.15) is 19.5 Å². The van der Waals surface area contributed by atoms with Crippen molar-refractivity contribution in [2.24, 2.45) is 5.92 Å². The van der Waals surface area contributed by atoms with Gasteiger partial charge in [0.05, 0.1) is 5.92 Å². The van der Waals surface area contributed by atoms with Crippen LogP contribution in [-0.2, 0) is 20.7 Å². The summed E-state index contributed by atoms with van der Waals surface area (Å²) in [5, 5.41) is 0. The number of hydrogen-bond donors (Lipinski definition) is 0. The number of ether oxygens (including phenoxy) is 2. The molecule has 0 saturated carbocycles. The molecular formula is C15H16O3. The van der Waals surface area contributed by atoms with E-state index in [0.29, 0.717) is 25.6 Å². The van der Waals surface area contributed by atoms with Gasteiger partial charge < -0.3 is 14.3 Å². The number of carbonyl (C=O) groups excluding carboxylic acids is 1. The molecule has 1 atom stereocenters. The van der Waals surface area contributed by atoms with Crippen molar-refractivity contribution in [1.29, 1.82) is 0 Å². The second-order valence-corrected chi connectivity index (χ2v) is 4.12. The molecule has 18 heavy (non-hydrogen) atoms. The number of aldehydes is 1. The second-order valence-electron chi connectivity index (χ2n) is 4.12. The third kappa shape index (κ3) is 3.77. The average molecular weight is 244 g/mol. The van der Waals surface area contributed by atoms with Crippen LogP contribution in [0.25, 0.3) is 0 Å². The van der Waals surface area contributed by atoms with Gasteiger partial charge in [0.15, 0.2) is 0 Å². The summed E-state index contributed by atoms with van der Waals surface area (Å²) in [7, 11) is 0. The first kappa shape index (κ1) is 12.4. The maximum atomic E-state index is 11.0. The van der Waals surface area contributed by atoms with E-state index < -0.39 is 0 Å². The fourth-order valence-corrected chi connectivity index (χ4v) is 1.72. The molecule has 0 bridgehead atoms. The number of rotatable bonds is 6. The zero-order valence-electron chi connectivity index (χ0n) is 10.1. The molecule has 0 spiro atoms. The Bertz CT molecular complexity index is 434. The third-order valence-corrected chi connectivity index (χ3v) is 2.66. The molecule has 3 heteroatoms. The van der Waals surface area contributed by atoms with E-state index in [-0.39, 0.29) is 5.92 Å². The Hall–Kier alpha value is -2.03. The van der Waals surface area contributed by atoms with E-state index in [2.05, 4.69) is 0 Å². The van der Waals surface area contributed by atoms with E-state index in [0.717, 1.165) is 11.8 Å². The fraction of sp³-hybridized carbons (Fsp3) is 0.267. The molecular weight excluding hydrogens is 228 g/mol. The van der Waals surface area contributed by atoms with Gasteiger partial charge in [0.25, 0.3) is 5.95 Å². The third-order valence-electron chi connectivity index (χ3n) is 2.66. The summed E-state index contributed by atoms with van der Waals surface area (Å²) in [6.45, 7) is 0.869. The Morgan fingerprint density at radius 3 is 2.83 bits per heavy atom. The van der Waals surface area contributed by atoms with Crippen molar-refractivity contribution in [1.82, 2.24) is 0 Å². The molecule has 1 heterocycles. The summed E-state index contributed by atoms with van der Waals surface area (Å²) >= 11 is 0. The summed E-state index contributed by atoms with van der Waals surface area (Å²) < 4.78 is 10.7. The van der Waals surface area contributed by atoms with Gasteiger partial charge in [-0.2, -0.15) is 0 Å². The van der Waals surface area contributed by atoms with Crippen LogP contribution in [0.2, 0.25) is 0 Å². The minimum atomic E-state index is -0.150. The van der Waals surface area contributed by atoms with Crippen LogP contribution in [0.15, 0.2) is 54.5 Å². The maximum absolute atomic E-state index is 11.0. The average Bonchev–Trinajstić information content (AvgIpc) is 2.45. The molecule has 0 amide bonds. The van der Waals surface area contributed by atoms with E-state index in [1.165, 1.54) is 0 Å². The summed E-state index contributed by atoms with van der Waals surface area (Å²) in [4.78, 5) is 11.0. The predicted octanol–water partition coefficient (Wildman–Crippen LogP) is 2.49. The largest absolute Gasteiger partial charge is 0.465 e. The zero-order chi connectivity index (χ0) is 12.6. The lowest BCUT2D eigenvalue weighted by atomic mass is 10.0. The molecule has 2 rings (SSSR count). The minimum Gasteiger partial charge on any atom is -0.465 e. The number of hydrogen-bond acceptors (Lipinski definition) is 3. The lowest BCUT2D eigenvalue weighted by Gasteiger charge is -2.15. The molecule has 0 saturated heterocycles. The molecule has 94 valence electrons. The minimum absolute atomic E-state index is 0.150. The van der Waals surface area contributed by atoms with Gasteiger partial charge in [-0.1, -0.05) is 36.4 Å². The fourth-order valence-electron chi connectivity index (χ4n) is 1.72. The Morgan fingerprint density at radius 1 is 1.33 bits per heavy atom. The molecule has 0 fully saturated rings. The molecule has 0 aliphatic carbocycles. The highest BCUT2D eigenvalue weighted by atomic mass is 16.7. The van der Waals surface area contributed by atoms with Gasteiger partial charge in [0.2, 0.25) is 0 Å². The smallest absolute Gasteiger partial charge is 0.279 e. The van der Waals surface area contributed by atoms with Crippen LogP contribution in [-0.4, -0.2) is 19.5 Å². The number of carbonyl (C=O) groups is 1. The first-order chi connectivity index (χ1) is 8.88. The van der Waals surface area contributed by atoms with Crippen LogP contribution in [0.4, 0.5) is 0 Å². The summed E-state index contributed by atoms with van der Waals surface area (Å²) in [6.07, 6.45) is 7.16. The zero-order valence-corrected chi connectivity index (χ0v) is 10.1. The highest BCUT2D eigenvalue weighted by molar-refractivity contribution is 5.54. The first-order valence-corrected chi connectivity index (χ1v) is 6.00. The van der Waals surface area contributed by atoms with Gasteiger partial charge >= 0.3 is 0 Å². The van der Waals surface area contributed by atoms with Crippen LogP contribution >= 0.6 is 0 Å². The molecule has 0 aromatic heterocycles. The highest BCUT2D eigenvalue weighted by Gasteiger charge is 2.11. The maximum Gasteiger partial charge on any atom is 0.279 e. The predicted molar refractivity (Wildman–Crippen MR) is 68.8 cm³/mol. The summed E-state index contributed by atoms with van der Waals surface area (Å²) in [6, 6.07) is 9.92. The van der Waals surface area contributed by atoms with E-state index >= 15 is 0 Å². The second kappa shape index (κ2) is 6.64. The molecule has 1 aromatic rings. The lowest BCUT2D eigenvalue weighted by Crippen LogP contribution is -2.15. The highest BCUT2D eigenvalue weighted by Crippen LogP contribution is 2.11. The van der Waals surface area contributed by atoms with E-state index in [1.807, 2.05) is 42.5 Å². The molecule has 0 N–H and O–H groups in total.